The number of hydrogen-bond acceptors (Lipinski definition) is 3. The zero-order valence-corrected chi connectivity index (χ0v) is 8.68. The molecule has 11 heavy (non-hydrogen) atoms. The van der Waals surface area contributed by atoms with Crippen LogP contribution in [-0.4, -0.2) is 18.1 Å². The van der Waals surface area contributed by atoms with Crippen LogP contribution in [0.15, 0.2) is 0 Å². The maximum atomic E-state index is 11.3. The molecule has 0 aromatic heterocycles. The highest BCUT2D eigenvalue weighted by molar-refractivity contribution is 14.1. The standard InChI is InChI=1S/C7H12INO2/c1-2-11-6(10)7(9-8)4-3-5-7/h9H,2-5H2,1H3. The number of rotatable bonds is 3. The molecule has 1 fully saturated rings. The first kappa shape index (κ1) is 9.25. The Morgan fingerprint density at radius 2 is 2.36 bits per heavy atom. The van der Waals surface area contributed by atoms with E-state index in [0.29, 0.717) is 6.61 Å². The molecule has 0 aliphatic heterocycles. The van der Waals surface area contributed by atoms with Gasteiger partial charge in [0, 0.05) is 22.9 Å². The summed E-state index contributed by atoms with van der Waals surface area (Å²) in [6.07, 6.45) is 2.94. The zero-order valence-electron chi connectivity index (χ0n) is 6.52. The molecule has 0 radical (unpaired) electrons. The Morgan fingerprint density at radius 3 is 2.64 bits per heavy atom. The fraction of sp³-hybridized carbons (Fsp3) is 0.857. The van der Waals surface area contributed by atoms with Crippen LogP contribution in [0.5, 0.6) is 0 Å². The molecule has 1 aliphatic rings. The molecular formula is C7H12INO2. The van der Waals surface area contributed by atoms with Gasteiger partial charge >= 0.3 is 5.97 Å². The van der Waals surface area contributed by atoms with Crippen molar-refractivity contribution in [3.63, 3.8) is 0 Å². The predicted molar refractivity (Wildman–Crippen MR) is 50.4 cm³/mol. The van der Waals surface area contributed by atoms with Crippen molar-refractivity contribution in [2.24, 2.45) is 0 Å². The smallest absolute Gasteiger partial charge is 0.327 e. The molecule has 0 amide bonds. The summed E-state index contributed by atoms with van der Waals surface area (Å²) in [7, 11) is 0. The Kier molecular flexibility index (Phi) is 3.12. The molecule has 1 N–H and O–H groups in total. The van der Waals surface area contributed by atoms with Gasteiger partial charge in [0.2, 0.25) is 0 Å². The number of carbonyl (C=O) groups excluding carboxylic acids is 1. The quantitative estimate of drug-likeness (QED) is 0.478. The first-order valence-electron chi connectivity index (χ1n) is 3.80. The molecule has 0 atom stereocenters. The summed E-state index contributed by atoms with van der Waals surface area (Å²) in [6.45, 7) is 2.30. The number of carbonyl (C=O) groups is 1. The van der Waals surface area contributed by atoms with Gasteiger partial charge in [-0.2, -0.15) is 0 Å². The molecule has 0 heterocycles. The van der Waals surface area contributed by atoms with Gasteiger partial charge in [0.1, 0.15) is 5.54 Å². The average molecular weight is 269 g/mol. The predicted octanol–water partition coefficient (Wildman–Crippen LogP) is 1.41. The lowest BCUT2D eigenvalue weighted by atomic mass is 9.78. The van der Waals surface area contributed by atoms with Crippen LogP contribution in [0.4, 0.5) is 0 Å². The fourth-order valence-corrected chi connectivity index (χ4v) is 1.90. The number of nitrogens with one attached hydrogen (secondary N) is 1. The second-order valence-electron chi connectivity index (χ2n) is 2.75. The summed E-state index contributed by atoms with van der Waals surface area (Å²) < 4.78 is 7.93. The van der Waals surface area contributed by atoms with Gasteiger partial charge in [-0.1, -0.05) is 0 Å². The molecule has 0 saturated heterocycles. The summed E-state index contributed by atoms with van der Waals surface area (Å²) in [4.78, 5) is 11.3. The SMILES string of the molecule is CCOC(=O)C1(NI)CCC1. The maximum Gasteiger partial charge on any atom is 0.327 e. The van der Waals surface area contributed by atoms with E-state index in [1.165, 1.54) is 0 Å². The summed E-state index contributed by atoms with van der Waals surface area (Å²) in [5.74, 6) is -0.0966. The minimum atomic E-state index is -0.351. The third-order valence-electron chi connectivity index (χ3n) is 2.05. The van der Waals surface area contributed by atoms with E-state index in [-0.39, 0.29) is 11.5 Å². The van der Waals surface area contributed by atoms with Gasteiger partial charge in [0.15, 0.2) is 0 Å². The Balaban J connectivity index is 2.47. The third kappa shape index (κ3) is 1.66. The van der Waals surface area contributed by atoms with Crippen molar-refractivity contribution < 1.29 is 9.53 Å². The molecule has 1 saturated carbocycles. The van der Waals surface area contributed by atoms with E-state index in [9.17, 15) is 4.79 Å². The molecule has 1 aliphatic carbocycles. The summed E-state index contributed by atoms with van der Waals surface area (Å²) >= 11 is 2.02. The molecule has 3 nitrogen and oxygen atoms in total. The van der Waals surface area contributed by atoms with E-state index in [4.69, 9.17) is 4.74 Å². The van der Waals surface area contributed by atoms with Crippen LogP contribution in [-0.2, 0) is 9.53 Å². The lowest BCUT2D eigenvalue weighted by molar-refractivity contribution is -0.153. The minimum absolute atomic E-state index is 0.0966. The third-order valence-corrected chi connectivity index (χ3v) is 3.09. The molecule has 0 bridgehead atoms. The van der Waals surface area contributed by atoms with E-state index in [2.05, 4.69) is 3.53 Å². The molecular weight excluding hydrogens is 257 g/mol. The van der Waals surface area contributed by atoms with Gasteiger partial charge < -0.3 is 4.74 Å². The highest BCUT2D eigenvalue weighted by Gasteiger charge is 2.44. The average Bonchev–Trinajstić information content (AvgIpc) is 1.87. The van der Waals surface area contributed by atoms with Crippen LogP contribution in [0.2, 0.25) is 0 Å². The van der Waals surface area contributed by atoms with Crippen LogP contribution in [0.3, 0.4) is 0 Å². The number of halogens is 1. The maximum absolute atomic E-state index is 11.3. The molecule has 1 rings (SSSR count). The lowest BCUT2D eigenvalue weighted by Crippen LogP contribution is -2.54. The molecule has 0 aromatic rings. The first-order chi connectivity index (χ1) is 5.25. The normalized spacial score (nSPS) is 20.5. The monoisotopic (exact) mass is 269 g/mol. The van der Waals surface area contributed by atoms with E-state index < -0.39 is 0 Å². The Hall–Kier alpha value is 0.160. The fourth-order valence-electron chi connectivity index (χ4n) is 1.14. The summed E-state index contributed by atoms with van der Waals surface area (Å²) in [6, 6.07) is 0. The zero-order chi connectivity index (χ0) is 8.32. The number of ether oxygens (including phenoxy) is 1. The van der Waals surface area contributed by atoms with E-state index in [0.717, 1.165) is 19.3 Å². The summed E-state index contributed by atoms with van der Waals surface area (Å²) in [5, 5.41) is 0. The van der Waals surface area contributed by atoms with Crippen molar-refractivity contribution in [2.45, 2.75) is 31.7 Å². The Labute approximate surface area is 80.4 Å². The van der Waals surface area contributed by atoms with Gasteiger partial charge in [-0.05, 0) is 26.2 Å². The highest BCUT2D eigenvalue weighted by Crippen LogP contribution is 2.33. The minimum Gasteiger partial charge on any atom is -0.465 e. The second-order valence-corrected chi connectivity index (χ2v) is 3.29. The molecule has 64 valence electrons. The summed E-state index contributed by atoms with van der Waals surface area (Å²) in [5.41, 5.74) is -0.351. The van der Waals surface area contributed by atoms with Gasteiger partial charge in [-0.3, -0.25) is 4.79 Å². The van der Waals surface area contributed by atoms with Crippen LogP contribution >= 0.6 is 22.9 Å². The topological polar surface area (TPSA) is 38.3 Å². The van der Waals surface area contributed by atoms with Crippen molar-refractivity contribution in [3.8, 4) is 0 Å². The second kappa shape index (κ2) is 3.71. The van der Waals surface area contributed by atoms with Gasteiger partial charge in [-0.15, -0.1) is 0 Å². The molecule has 4 heteroatoms. The van der Waals surface area contributed by atoms with Gasteiger partial charge in [-0.25, -0.2) is 3.53 Å². The number of esters is 1. The number of hydrogen-bond donors (Lipinski definition) is 1. The highest BCUT2D eigenvalue weighted by atomic mass is 127. The van der Waals surface area contributed by atoms with Crippen LogP contribution < -0.4 is 3.53 Å². The van der Waals surface area contributed by atoms with Gasteiger partial charge in [0.25, 0.3) is 0 Å². The van der Waals surface area contributed by atoms with Crippen LogP contribution in [0, 0.1) is 0 Å². The van der Waals surface area contributed by atoms with Crippen LogP contribution in [0.25, 0.3) is 0 Å². The van der Waals surface area contributed by atoms with E-state index >= 15 is 0 Å². The van der Waals surface area contributed by atoms with Gasteiger partial charge in [0.05, 0.1) is 6.61 Å². The van der Waals surface area contributed by atoms with Crippen molar-refractivity contribution >= 4 is 28.8 Å². The molecule has 0 aromatic carbocycles. The molecule has 0 spiro atoms. The van der Waals surface area contributed by atoms with Crippen molar-refractivity contribution in [1.29, 1.82) is 0 Å². The van der Waals surface area contributed by atoms with Crippen LogP contribution in [0.1, 0.15) is 26.2 Å². The van der Waals surface area contributed by atoms with E-state index in [1.54, 1.807) is 0 Å². The van der Waals surface area contributed by atoms with Crippen molar-refractivity contribution in [2.75, 3.05) is 6.61 Å². The van der Waals surface area contributed by atoms with E-state index in [1.807, 2.05) is 29.8 Å². The largest absolute Gasteiger partial charge is 0.465 e. The van der Waals surface area contributed by atoms with Crippen molar-refractivity contribution in [3.05, 3.63) is 0 Å². The van der Waals surface area contributed by atoms with Crippen molar-refractivity contribution in [1.82, 2.24) is 3.53 Å². The Bertz CT molecular complexity index is 151. The molecule has 0 unspecified atom stereocenters. The lowest BCUT2D eigenvalue weighted by Gasteiger charge is -2.37. The Morgan fingerprint density at radius 1 is 1.73 bits per heavy atom. The first-order valence-corrected chi connectivity index (χ1v) is 4.88.